The number of fused-ring (bicyclic) bond motifs is 1. The van der Waals surface area contributed by atoms with Crippen molar-refractivity contribution < 1.29 is 9.21 Å². The smallest absolute Gasteiger partial charge is 0.289 e. The summed E-state index contributed by atoms with van der Waals surface area (Å²) < 4.78 is 7.87. The molecule has 0 fully saturated rings. The summed E-state index contributed by atoms with van der Waals surface area (Å²) in [7, 11) is 1.86. The number of carbonyl (C=O) groups is 1. The van der Waals surface area contributed by atoms with Crippen LogP contribution >= 0.6 is 0 Å². The third kappa shape index (κ3) is 2.80. The number of carbonyl (C=O) groups excluding carboxylic acids is 1. The van der Waals surface area contributed by atoms with E-state index in [1.54, 1.807) is 4.90 Å². The van der Waals surface area contributed by atoms with Gasteiger partial charge in [-0.1, -0.05) is 6.92 Å². The van der Waals surface area contributed by atoms with Crippen molar-refractivity contribution in [1.82, 2.24) is 14.5 Å². The van der Waals surface area contributed by atoms with Crippen LogP contribution in [0.25, 0.3) is 0 Å². The number of nitrogens with zero attached hydrogens (tertiary/aromatic N) is 3. The molecule has 0 radical (unpaired) electrons. The van der Waals surface area contributed by atoms with Crippen LogP contribution in [0.3, 0.4) is 0 Å². The van der Waals surface area contributed by atoms with Crippen LogP contribution < -0.4 is 0 Å². The maximum absolute atomic E-state index is 12.5. The maximum atomic E-state index is 12.5. The van der Waals surface area contributed by atoms with Crippen LogP contribution in [0, 0.1) is 12.8 Å². The lowest BCUT2D eigenvalue weighted by Gasteiger charge is -2.27. The van der Waals surface area contributed by atoms with Crippen LogP contribution in [0.5, 0.6) is 0 Å². The SMILES string of the molecule is CCc1oc(C(=O)N(C)C[C@@H]2CCc3nccn3C2)cc1C. The van der Waals surface area contributed by atoms with Crippen LogP contribution in [0.15, 0.2) is 22.9 Å². The molecule has 0 spiro atoms. The summed E-state index contributed by atoms with van der Waals surface area (Å²) in [5, 5.41) is 0. The average molecular weight is 301 g/mol. The fraction of sp³-hybridized carbons (Fsp3) is 0.529. The Hall–Kier alpha value is -2.04. The average Bonchev–Trinajstić information content (AvgIpc) is 3.11. The van der Waals surface area contributed by atoms with Gasteiger partial charge in [-0.25, -0.2) is 4.98 Å². The summed E-state index contributed by atoms with van der Waals surface area (Å²) in [6, 6.07) is 1.85. The molecule has 0 saturated heterocycles. The molecule has 3 heterocycles. The molecule has 22 heavy (non-hydrogen) atoms. The van der Waals surface area contributed by atoms with Gasteiger partial charge in [0.2, 0.25) is 0 Å². The van der Waals surface area contributed by atoms with Crippen molar-refractivity contribution in [2.24, 2.45) is 5.92 Å². The van der Waals surface area contributed by atoms with Gasteiger partial charge in [-0.05, 0) is 30.9 Å². The lowest BCUT2D eigenvalue weighted by Crippen LogP contribution is -2.35. The number of furan rings is 1. The van der Waals surface area contributed by atoms with Gasteiger partial charge < -0.3 is 13.9 Å². The first-order valence-corrected chi connectivity index (χ1v) is 7.93. The van der Waals surface area contributed by atoms with E-state index in [9.17, 15) is 4.79 Å². The number of aromatic nitrogens is 2. The Kier molecular flexibility index (Phi) is 4.05. The number of amides is 1. The summed E-state index contributed by atoms with van der Waals surface area (Å²) in [6.07, 6.45) is 6.75. The summed E-state index contributed by atoms with van der Waals surface area (Å²) >= 11 is 0. The molecule has 0 bridgehead atoms. The lowest BCUT2D eigenvalue weighted by molar-refractivity contribution is 0.0727. The molecule has 0 aromatic carbocycles. The molecule has 0 N–H and O–H groups in total. The van der Waals surface area contributed by atoms with Crippen LogP contribution in [0.1, 0.15) is 41.0 Å². The largest absolute Gasteiger partial charge is 0.456 e. The van der Waals surface area contributed by atoms with Crippen LogP contribution in [-0.2, 0) is 19.4 Å². The highest BCUT2D eigenvalue weighted by Gasteiger charge is 2.24. The molecule has 2 aromatic heterocycles. The molecule has 1 aliphatic heterocycles. The van der Waals surface area contributed by atoms with E-state index in [-0.39, 0.29) is 5.91 Å². The molecular formula is C17H23N3O2. The molecule has 118 valence electrons. The second kappa shape index (κ2) is 5.99. The molecule has 1 amide bonds. The van der Waals surface area contributed by atoms with Crippen LogP contribution in [-0.4, -0.2) is 34.0 Å². The first-order valence-electron chi connectivity index (χ1n) is 7.93. The van der Waals surface area contributed by atoms with Crippen molar-refractivity contribution in [3.8, 4) is 0 Å². The van der Waals surface area contributed by atoms with Crippen molar-refractivity contribution in [2.75, 3.05) is 13.6 Å². The quantitative estimate of drug-likeness (QED) is 0.872. The predicted molar refractivity (Wildman–Crippen MR) is 83.8 cm³/mol. The predicted octanol–water partition coefficient (Wildman–Crippen LogP) is 2.68. The number of imidazole rings is 1. The normalized spacial score (nSPS) is 17.3. The van der Waals surface area contributed by atoms with Gasteiger partial charge in [0.1, 0.15) is 11.6 Å². The maximum Gasteiger partial charge on any atom is 0.289 e. The van der Waals surface area contributed by atoms with Crippen molar-refractivity contribution in [3.63, 3.8) is 0 Å². The Morgan fingerprint density at radius 1 is 1.55 bits per heavy atom. The Morgan fingerprint density at radius 3 is 3.09 bits per heavy atom. The second-order valence-corrected chi connectivity index (χ2v) is 6.16. The number of hydrogen-bond donors (Lipinski definition) is 0. The van der Waals surface area contributed by atoms with Gasteiger partial charge in [0, 0.05) is 45.4 Å². The molecule has 0 unspecified atom stereocenters. The van der Waals surface area contributed by atoms with Gasteiger partial charge in [0.05, 0.1) is 0 Å². The Balaban J connectivity index is 1.64. The molecule has 1 aliphatic rings. The third-order valence-electron chi connectivity index (χ3n) is 4.46. The van der Waals surface area contributed by atoms with E-state index < -0.39 is 0 Å². The van der Waals surface area contributed by atoms with Crippen molar-refractivity contribution in [3.05, 3.63) is 41.4 Å². The topological polar surface area (TPSA) is 51.3 Å². The van der Waals surface area contributed by atoms with Gasteiger partial charge in [-0.15, -0.1) is 0 Å². The standard InChI is InChI=1S/C17H23N3O2/c1-4-14-12(2)9-15(22-14)17(21)19(3)10-13-5-6-16-18-7-8-20(16)11-13/h7-9,13H,4-6,10-11H2,1-3H3/t13-/m0/s1. The number of aryl methyl sites for hydroxylation is 3. The van der Waals surface area contributed by atoms with Crippen LogP contribution in [0.2, 0.25) is 0 Å². The molecule has 0 saturated carbocycles. The van der Waals surface area contributed by atoms with Gasteiger partial charge >= 0.3 is 0 Å². The lowest BCUT2D eigenvalue weighted by atomic mass is 9.99. The zero-order chi connectivity index (χ0) is 15.7. The fourth-order valence-corrected chi connectivity index (χ4v) is 3.22. The monoisotopic (exact) mass is 301 g/mol. The van der Waals surface area contributed by atoms with Crippen molar-refractivity contribution >= 4 is 5.91 Å². The van der Waals surface area contributed by atoms with Gasteiger partial charge in [0.15, 0.2) is 5.76 Å². The van der Waals surface area contributed by atoms with E-state index >= 15 is 0 Å². The highest BCUT2D eigenvalue weighted by Crippen LogP contribution is 2.21. The van der Waals surface area contributed by atoms with Crippen molar-refractivity contribution in [1.29, 1.82) is 0 Å². The van der Waals surface area contributed by atoms with E-state index in [0.29, 0.717) is 11.7 Å². The summed E-state index contributed by atoms with van der Waals surface area (Å²) in [4.78, 5) is 18.6. The summed E-state index contributed by atoms with van der Waals surface area (Å²) in [5.41, 5.74) is 1.06. The second-order valence-electron chi connectivity index (χ2n) is 6.16. The zero-order valence-corrected chi connectivity index (χ0v) is 13.5. The van der Waals surface area contributed by atoms with E-state index in [4.69, 9.17) is 4.42 Å². The van der Waals surface area contributed by atoms with E-state index in [1.807, 2.05) is 39.4 Å². The molecule has 2 aromatic rings. The molecule has 3 rings (SSSR count). The van der Waals surface area contributed by atoms with Gasteiger partial charge in [0.25, 0.3) is 5.91 Å². The number of hydrogen-bond acceptors (Lipinski definition) is 3. The van der Waals surface area contributed by atoms with Crippen molar-refractivity contribution in [2.45, 2.75) is 39.7 Å². The molecule has 5 heteroatoms. The number of rotatable bonds is 4. The Labute approximate surface area is 130 Å². The summed E-state index contributed by atoms with van der Waals surface area (Å²) in [6.45, 7) is 5.71. The molecule has 5 nitrogen and oxygen atoms in total. The molecule has 1 atom stereocenters. The van der Waals surface area contributed by atoms with E-state index in [2.05, 4.69) is 9.55 Å². The van der Waals surface area contributed by atoms with Crippen LogP contribution in [0.4, 0.5) is 0 Å². The molecule has 0 aliphatic carbocycles. The fourth-order valence-electron chi connectivity index (χ4n) is 3.22. The minimum absolute atomic E-state index is 0.0285. The van der Waals surface area contributed by atoms with Gasteiger partial charge in [-0.2, -0.15) is 0 Å². The Morgan fingerprint density at radius 2 is 2.36 bits per heavy atom. The first kappa shape index (κ1) is 14.9. The highest BCUT2D eigenvalue weighted by molar-refractivity contribution is 5.91. The summed E-state index contributed by atoms with van der Waals surface area (Å²) in [5.74, 6) is 2.95. The van der Waals surface area contributed by atoms with E-state index in [1.165, 1.54) is 0 Å². The first-order chi connectivity index (χ1) is 10.6. The minimum Gasteiger partial charge on any atom is -0.456 e. The minimum atomic E-state index is -0.0285. The Bertz CT molecular complexity index is 671. The zero-order valence-electron chi connectivity index (χ0n) is 13.5. The highest BCUT2D eigenvalue weighted by atomic mass is 16.4. The van der Waals surface area contributed by atoms with E-state index in [0.717, 1.165) is 49.5 Å². The molecular weight excluding hydrogens is 278 g/mol. The third-order valence-corrected chi connectivity index (χ3v) is 4.46. The van der Waals surface area contributed by atoms with Gasteiger partial charge in [-0.3, -0.25) is 4.79 Å².